The van der Waals surface area contributed by atoms with Crippen LogP contribution in [0.3, 0.4) is 0 Å². The summed E-state index contributed by atoms with van der Waals surface area (Å²) in [6, 6.07) is 0.622. The first-order valence-corrected chi connectivity index (χ1v) is 7.32. The summed E-state index contributed by atoms with van der Waals surface area (Å²) in [6.45, 7) is 10.6. The Morgan fingerprint density at radius 3 is 2.12 bits per heavy atom. The van der Waals surface area contributed by atoms with E-state index in [0.29, 0.717) is 11.5 Å². The molecule has 0 aliphatic heterocycles. The van der Waals surface area contributed by atoms with E-state index >= 15 is 0 Å². The first-order chi connectivity index (χ1) is 7.58. The van der Waals surface area contributed by atoms with Crippen molar-refractivity contribution in [3.8, 4) is 0 Å². The standard InChI is InChI=1S/C15H31N/c1-5-15(4,12-16-13(2)3)14-10-8-6-7-9-11-14/h13-14,16H,5-12H2,1-4H3. The maximum Gasteiger partial charge on any atom is 0.00106 e. The van der Waals surface area contributed by atoms with Crippen LogP contribution in [-0.2, 0) is 0 Å². The molecule has 0 aromatic rings. The van der Waals surface area contributed by atoms with Crippen molar-refractivity contribution in [3.05, 3.63) is 0 Å². The van der Waals surface area contributed by atoms with Gasteiger partial charge in [-0.2, -0.15) is 0 Å². The van der Waals surface area contributed by atoms with Gasteiger partial charge in [0.2, 0.25) is 0 Å². The lowest BCUT2D eigenvalue weighted by Gasteiger charge is -2.38. The van der Waals surface area contributed by atoms with Crippen LogP contribution in [-0.4, -0.2) is 12.6 Å². The van der Waals surface area contributed by atoms with Crippen LogP contribution in [0.15, 0.2) is 0 Å². The van der Waals surface area contributed by atoms with Gasteiger partial charge in [0.25, 0.3) is 0 Å². The highest BCUT2D eigenvalue weighted by atomic mass is 14.9. The third kappa shape index (κ3) is 4.08. The van der Waals surface area contributed by atoms with Gasteiger partial charge in [-0.15, -0.1) is 0 Å². The fourth-order valence-corrected chi connectivity index (χ4v) is 2.97. The van der Waals surface area contributed by atoms with Crippen molar-refractivity contribution < 1.29 is 0 Å². The van der Waals surface area contributed by atoms with Crippen molar-refractivity contribution in [1.82, 2.24) is 5.32 Å². The van der Waals surface area contributed by atoms with Crippen molar-refractivity contribution in [2.24, 2.45) is 11.3 Å². The molecule has 1 N–H and O–H groups in total. The molecule has 16 heavy (non-hydrogen) atoms. The van der Waals surface area contributed by atoms with Crippen LogP contribution < -0.4 is 5.32 Å². The molecule has 1 unspecified atom stereocenters. The molecule has 0 amide bonds. The van der Waals surface area contributed by atoms with Crippen molar-refractivity contribution in [2.75, 3.05) is 6.54 Å². The highest BCUT2D eigenvalue weighted by Gasteiger charge is 2.32. The molecule has 0 aromatic carbocycles. The van der Waals surface area contributed by atoms with Crippen molar-refractivity contribution in [3.63, 3.8) is 0 Å². The highest BCUT2D eigenvalue weighted by Crippen LogP contribution is 2.39. The van der Waals surface area contributed by atoms with E-state index in [2.05, 4.69) is 33.0 Å². The van der Waals surface area contributed by atoms with Crippen LogP contribution in [0.2, 0.25) is 0 Å². The number of hydrogen-bond donors (Lipinski definition) is 1. The Kier molecular flexibility index (Phi) is 5.82. The fraction of sp³-hybridized carbons (Fsp3) is 1.00. The molecular formula is C15H31N. The summed E-state index contributed by atoms with van der Waals surface area (Å²) in [5, 5.41) is 3.65. The first-order valence-electron chi connectivity index (χ1n) is 7.32. The third-order valence-corrected chi connectivity index (χ3v) is 4.56. The quantitative estimate of drug-likeness (QED) is 0.685. The minimum Gasteiger partial charge on any atom is -0.314 e. The molecule has 1 rings (SSSR count). The summed E-state index contributed by atoms with van der Waals surface area (Å²) < 4.78 is 0. The first kappa shape index (κ1) is 14.0. The Labute approximate surface area is 102 Å². The fourth-order valence-electron chi connectivity index (χ4n) is 2.97. The van der Waals surface area contributed by atoms with Gasteiger partial charge in [-0.05, 0) is 30.6 Å². The second-order valence-corrected chi connectivity index (χ2v) is 6.23. The van der Waals surface area contributed by atoms with Crippen molar-refractivity contribution in [2.45, 2.75) is 78.7 Å². The van der Waals surface area contributed by atoms with E-state index in [1.54, 1.807) is 0 Å². The second-order valence-electron chi connectivity index (χ2n) is 6.23. The molecule has 1 fully saturated rings. The van der Waals surface area contributed by atoms with Crippen LogP contribution in [0.25, 0.3) is 0 Å². The molecule has 1 heteroatoms. The van der Waals surface area contributed by atoms with Gasteiger partial charge in [-0.1, -0.05) is 53.4 Å². The van der Waals surface area contributed by atoms with E-state index in [-0.39, 0.29) is 0 Å². The van der Waals surface area contributed by atoms with E-state index in [1.165, 1.54) is 51.5 Å². The lowest BCUT2D eigenvalue weighted by Crippen LogP contribution is -2.40. The lowest BCUT2D eigenvalue weighted by atomic mass is 9.71. The molecule has 0 aromatic heterocycles. The van der Waals surface area contributed by atoms with Gasteiger partial charge in [0.05, 0.1) is 0 Å². The molecule has 1 aliphatic rings. The van der Waals surface area contributed by atoms with Gasteiger partial charge in [-0.25, -0.2) is 0 Å². The molecule has 1 atom stereocenters. The molecule has 1 nitrogen and oxygen atoms in total. The summed E-state index contributed by atoms with van der Waals surface area (Å²) in [6.07, 6.45) is 10.1. The lowest BCUT2D eigenvalue weighted by molar-refractivity contribution is 0.148. The van der Waals surface area contributed by atoms with E-state index in [0.717, 1.165) is 5.92 Å². The minimum absolute atomic E-state index is 0.522. The maximum absolute atomic E-state index is 3.65. The molecule has 0 radical (unpaired) electrons. The van der Waals surface area contributed by atoms with E-state index < -0.39 is 0 Å². The summed E-state index contributed by atoms with van der Waals surface area (Å²) in [4.78, 5) is 0. The Morgan fingerprint density at radius 1 is 1.12 bits per heavy atom. The van der Waals surface area contributed by atoms with Crippen LogP contribution in [0.4, 0.5) is 0 Å². The summed E-state index contributed by atoms with van der Waals surface area (Å²) in [5.74, 6) is 0.950. The molecule has 0 bridgehead atoms. The normalized spacial score (nSPS) is 23.1. The molecule has 0 spiro atoms. The van der Waals surface area contributed by atoms with Crippen LogP contribution >= 0.6 is 0 Å². The molecule has 0 saturated heterocycles. The van der Waals surface area contributed by atoms with Crippen LogP contribution in [0.1, 0.15) is 72.6 Å². The molecular weight excluding hydrogens is 194 g/mol. The number of hydrogen-bond acceptors (Lipinski definition) is 1. The average molecular weight is 225 g/mol. The number of nitrogens with one attached hydrogen (secondary N) is 1. The van der Waals surface area contributed by atoms with Crippen molar-refractivity contribution in [1.29, 1.82) is 0 Å². The Balaban J connectivity index is 2.54. The predicted molar refractivity (Wildman–Crippen MR) is 72.7 cm³/mol. The van der Waals surface area contributed by atoms with E-state index in [9.17, 15) is 0 Å². The molecule has 96 valence electrons. The zero-order valence-electron chi connectivity index (χ0n) is 11.8. The van der Waals surface area contributed by atoms with Gasteiger partial charge >= 0.3 is 0 Å². The van der Waals surface area contributed by atoms with Gasteiger partial charge in [0.15, 0.2) is 0 Å². The molecule has 1 aliphatic carbocycles. The molecule has 1 saturated carbocycles. The van der Waals surface area contributed by atoms with E-state index in [1.807, 2.05) is 0 Å². The predicted octanol–water partition coefficient (Wildman–Crippen LogP) is 4.37. The minimum atomic E-state index is 0.522. The zero-order valence-corrected chi connectivity index (χ0v) is 11.8. The van der Waals surface area contributed by atoms with Gasteiger partial charge in [0.1, 0.15) is 0 Å². The Bertz CT molecular complexity index is 180. The summed E-state index contributed by atoms with van der Waals surface area (Å²) in [7, 11) is 0. The summed E-state index contributed by atoms with van der Waals surface area (Å²) >= 11 is 0. The largest absolute Gasteiger partial charge is 0.314 e. The van der Waals surface area contributed by atoms with Gasteiger partial charge in [0, 0.05) is 12.6 Å². The van der Waals surface area contributed by atoms with Crippen molar-refractivity contribution >= 4 is 0 Å². The second kappa shape index (κ2) is 6.64. The molecule has 0 heterocycles. The Hall–Kier alpha value is -0.0400. The smallest absolute Gasteiger partial charge is 0.00106 e. The van der Waals surface area contributed by atoms with Crippen LogP contribution in [0, 0.1) is 11.3 Å². The SMILES string of the molecule is CCC(C)(CNC(C)C)C1CCCCCC1. The van der Waals surface area contributed by atoms with Crippen LogP contribution in [0.5, 0.6) is 0 Å². The Morgan fingerprint density at radius 2 is 1.69 bits per heavy atom. The highest BCUT2D eigenvalue weighted by molar-refractivity contribution is 4.85. The van der Waals surface area contributed by atoms with E-state index in [4.69, 9.17) is 0 Å². The third-order valence-electron chi connectivity index (χ3n) is 4.56. The average Bonchev–Trinajstić information content (AvgIpc) is 2.54. The number of rotatable bonds is 5. The monoisotopic (exact) mass is 225 g/mol. The van der Waals surface area contributed by atoms with Gasteiger partial charge in [-0.3, -0.25) is 0 Å². The summed E-state index contributed by atoms with van der Waals surface area (Å²) in [5.41, 5.74) is 0.522. The topological polar surface area (TPSA) is 12.0 Å². The van der Waals surface area contributed by atoms with Gasteiger partial charge < -0.3 is 5.32 Å². The zero-order chi connectivity index (χ0) is 12.0. The maximum atomic E-state index is 3.65.